The van der Waals surface area contributed by atoms with Gasteiger partial charge >= 0.3 is 0 Å². The monoisotopic (exact) mass is 729 g/mol. The Bertz CT molecular complexity index is 3120. The number of benzene rings is 8. The van der Waals surface area contributed by atoms with Gasteiger partial charge in [0, 0.05) is 38.6 Å². The van der Waals surface area contributed by atoms with Crippen molar-refractivity contribution in [3.8, 4) is 67.9 Å². The van der Waals surface area contributed by atoms with Gasteiger partial charge in [0.2, 0.25) is 0 Å². The standard InChI is InChI=1S/C52H31N3O2/c1-3-14-32(15-4-1)49-53-50(33-16-5-2-6-17-33)55-51(54-49)38-20-13-25-47-48(38)39-30-34(26-28-44(39)56-47)35-27-29-46-43(31-35)52(42-23-11-12-24-45(42)57-46)40-21-9-7-18-36(40)37-19-8-10-22-41(37)52/h1-31H. The van der Waals surface area contributed by atoms with Crippen LogP contribution in [0.2, 0.25) is 0 Å². The first-order chi connectivity index (χ1) is 28.2. The molecular weight excluding hydrogens is 699 g/mol. The smallest absolute Gasteiger partial charge is 0.164 e. The van der Waals surface area contributed by atoms with E-state index in [-0.39, 0.29) is 0 Å². The van der Waals surface area contributed by atoms with Gasteiger partial charge in [-0.25, -0.2) is 15.0 Å². The number of hydrogen-bond acceptors (Lipinski definition) is 5. The molecule has 1 aliphatic carbocycles. The molecule has 5 nitrogen and oxygen atoms in total. The number of ether oxygens (including phenoxy) is 1. The van der Waals surface area contributed by atoms with Gasteiger partial charge in [-0.2, -0.15) is 0 Å². The lowest BCUT2D eigenvalue weighted by Gasteiger charge is -2.39. The molecular formula is C52H31N3O2. The highest BCUT2D eigenvalue weighted by Crippen LogP contribution is 2.62. The lowest BCUT2D eigenvalue weighted by atomic mass is 9.66. The van der Waals surface area contributed by atoms with Crippen molar-refractivity contribution in [2.75, 3.05) is 0 Å². The molecule has 0 saturated heterocycles. The summed E-state index contributed by atoms with van der Waals surface area (Å²) in [4.78, 5) is 15.1. The van der Waals surface area contributed by atoms with Gasteiger partial charge in [-0.1, -0.05) is 152 Å². The molecule has 266 valence electrons. The Hall–Kier alpha value is -7.63. The van der Waals surface area contributed by atoms with E-state index in [2.05, 4.69) is 115 Å². The molecule has 12 rings (SSSR count). The lowest BCUT2D eigenvalue weighted by molar-refractivity contribution is 0.436. The molecule has 57 heavy (non-hydrogen) atoms. The van der Waals surface area contributed by atoms with E-state index in [9.17, 15) is 0 Å². The number of para-hydroxylation sites is 1. The van der Waals surface area contributed by atoms with Crippen molar-refractivity contribution in [1.82, 2.24) is 15.0 Å². The van der Waals surface area contributed by atoms with Crippen molar-refractivity contribution in [1.29, 1.82) is 0 Å². The average Bonchev–Trinajstić information content (AvgIpc) is 3.81. The Kier molecular flexibility index (Phi) is 6.78. The van der Waals surface area contributed by atoms with Crippen LogP contribution in [-0.4, -0.2) is 15.0 Å². The first-order valence-electron chi connectivity index (χ1n) is 19.2. The van der Waals surface area contributed by atoms with Crippen molar-refractivity contribution in [2.24, 2.45) is 0 Å². The van der Waals surface area contributed by atoms with Gasteiger partial charge in [0.15, 0.2) is 17.5 Å². The van der Waals surface area contributed by atoms with Crippen LogP contribution in [0.3, 0.4) is 0 Å². The molecule has 5 heteroatoms. The molecule has 0 unspecified atom stereocenters. The van der Waals surface area contributed by atoms with E-state index >= 15 is 0 Å². The second-order valence-electron chi connectivity index (χ2n) is 14.7. The van der Waals surface area contributed by atoms with Crippen LogP contribution in [0.25, 0.3) is 78.4 Å². The summed E-state index contributed by atoms with van der Waals surface area (Å²) in [5.41, 5.74) is 13.2. The van der Waals surface area contributed by atoms with Crippen molar-refractivity contribution in [3.63, 3.8) is 0 Å². The Morgan fingerprint density at radius 1 is 0.351 bits per heavy atom. The Labute approximate surface area is 328 Å². The van der Waals surface area contributed by atoms with Crippen LogP contribution >= 0.6 is 0 Å². The summed E-state index contributed by atoms with van der Waals surface area (Å²) in [6.07, 6.45) is 0. The van der Waals surface area contributed by atoms with Gasteiger partial charge < -0.3 is 9.15 Å². The minimum atomic E-state index is -0.543. The topological polar surface area (TPSA) is 61.0 Å². The summed E-state index contributed by atoms with van der Waals surface area (Å²) < 4.78 is 13.2. The molecule has 0 fully saturated rings. The molecule has 10 aromatic rings. The van der Waals surface area contributed by atoms with Crippen molar-refractivity contribution in [3.05, 3.63) is 210 Å². The van der Waals surface area contributed by atoms with Gasteiger partial charge in [-0.3, -0.25) is 0 Å². The van der Waals surface area contributed by atoms with Gasteiger partial charge in [-0.15, -0.1) is 0 Å². The van der Waals surface area contributed by atoms with Crippen molar-refractivity contribution in [2.45, 2.75) is 5.41 Å². The first kappa shape index (κ1) is 31.7. The van der Waals surface area contributed by atoms with Crippen molar-refractivity contribution >= 4 is 21.9 Å². The molecule has 2 aliphatic rings. The minimum Gasteiger partial charge on any atom is -0.457 e. The molecule has 8 aromatic carbocycles. The van der Waals surface area contributed by atoms with Crippen LogP contribution < -0.4 is 4.74 Å². The highest BCUT2D eigenvalue weighted by molar-refractivity contribution is 6.12. The summed E-state index contributed by atoms with van der Waals surface area (Å²) in [6, 6.07) is 65.5. The van der Waals surface area contributed by atoms with Gasteiger partial charge in [0.05, 0.1) is 5.41 Å². The van der Waals surface area contributed by atoms with E-state index < -0.39 is 5.41 Å². The van der Waals surface area contributed by atoms with Crippen LogP contribution in [-0.2, 0) is 5.41 Å². The number of aromatic nitrogens is 3. The molecule has 1 aliphatic heterocycles. The van der Waals surface area contributed by atoms with Gasteiger partial charge in [0.25, 0.3) is 0 Å². The quantitative estimate of drug-likeness (QED) is 0.180. The fourth-order valence-corrected chi connectivity index (χ4v) is 9.16. The zero-order valence-electron chi connectivity index (χ0n) is 30.6. The average molecular weight is 730 g/mol. The molecule has 2 aromatic heterocycles. The molecule has 0 radical (unpaired) electrons. The Morgan fingerprint density at radius 3 is 1.60 bits per heavy atom. The van der Waals surface area contributed by atoms with E-state index in [0.717, 1.165) is 72.4 Å². The second-order valence-corrected chi connectivity index (χ2v) is 14.7. The highest BCUT2D eigenvalue weighted by Gasteiger charge is 2.51. The Balaban J connectivity index is 1.06. The predicted octanol–water partition coefficient (Wildman–Crippen LogP) is 12.9. The van der Waals surface area contributed by atoms with E-state index in [0.29, 0.717) is 17.5 Å². The zero-order chi connectivity index (χ0) is 37.5. The molecule has 0 bridgehead atoms. The van der Waals surface area contributed by atoms with E-state index in [1.54, 1.807) is 0 Å². The van der Waals surface area contributed by atoms with Crippen LogP contribution in [0.15, 0.2) is 192 Å². The molecule has 1 spiro atoms. The zero-order valence-corrected chi connectivity index (χ0v) is 30.6. The highest BCUT2D eigenvalue weighted by atomic mass is 16.5. The maximum absolute atomic E-state index is 6.71. The normalized spacial score (nSPS) is 13.2. The van der Waals surface area contributed by atoms with Crippen LogP contribution in [0.1, 0.15) is 22.3 Å². The summed E-state index contributed by atoms with van der Waals surface area (Å²) in [5, 5.41) is 1.95. The summed E-state index contributed by atoms with van der Waals surface area (Å²) in [5.74, 6) is 3.57. The summed E-state index contributed by atoms with van der Waals surface area (Å²) in [6.45, 7) is 0. The minimum absolute atomic E-state index is 0.543. The third-order valence-electron chi connectivity index (χ3n) is 11.6. The summed E-state index contributed by atoms with van der Waals surface area (Å²) in [7, 11) is 0. The van der Waals surface area contributed by atoms with E-state index in [1.807, 2.05) is 72.8 Å². The largest absolute Gasteiger partial charge is 0.457 e. The Morgan fingerprint density at radius 2 is 0.895 bits per heavy atom. The second kappa shape index (κ2) is 12.2. The van der Waals surface area contributed by atoms with E-state index in [4.69, 9.17) is 24.1 Å². The van der Waals surface area contributed by atoms with E-state index in [1.165, 1.54) is 22.3 Å². The third kappa shape index (κ3) is 4.66. The van der Waals surface area contributed by atoms with Gasteiger partial charge in [0.1, 0.15) is 22.7 Å². The lowest BCUT2D eigenvalue weighted by Crippen LogP contribution is -2.32. The first-order valence-corrected chi connectivity index (χ1v) is 19.2. The predicted molar refractivity (Wildman–Crippen MR) is 226 cm³/mol. The number of rotatable bonds is 4. The molecule has 0 amide bonds. The fraction of sp³-hybridized carbons (Fsp3) is 0.0192. The maximum atomic E-state index is 6.71. The molecule has 0 saturated carbocycles. The number of furan rings is 1. The molecule has 3 heterocycles. The number of fused-ring (bicyclic) bond motifs is 12. The molecule has 0 atom stereocenters. The molecule has 0 N–H and O–H groups in total. The van der Waals surface area contributed by atoms with Crippen LogP contribution in [0.5, 0.6) is 11.5 Å². The maximum Gasteiger partial charge on any atom is 0.164 e. The number of hydrogen-bond donors (Lipinski definition) is 0. The fourth-order valence-electron chi connectivity index (χ4n) is 9.16. The van der Waals surface area contributed by atoms with Gasteiger partial charge in [-0.05, 0) is 69.8 Å². The van der Waals surface area contributed by atoms with Crippen molar-refractivity contribution < 1.29 is 9.15 Å². The van der Waals surface area contributed by atoms with Crippen LogP contribution in [0.4, 0.5) is 0 Å². The SMILES string of the molecule is c1ccc(-c2nc(-c3ccccc3)nc(-c3cccc4oc5ccc(-c6ccc7c(c6)C6(c8ccccc8O7)c7ccccc7-c7ccccc76)cc5c34)n2)cc1. The number of nitrogens with zero attached hydrogens (tertiary/aromatic N) is 3. The van der Waals surface area contributed by atoms with Crippen LogP contribution in [0, 0.1) is 0 Å². The third-order valence-corrected chi connectivity index (χ3v) is 11.6. The summed E-state index contributed by atoms with van der Waals surface area (Å²) >= 11 is 0.